The number of rotatable bonds is 9. The molecule has 41 heavy (non-hydrogen) atoms. The standard InChI is InChI=1S/C38H41IN2/c1-4-5-9-29-10-6-12-35(25-29)31-17-15-30(16-18-31)28(3)41-38(24-27(2)39)34-21-19-33(20-22-34)36-14-7-11-32-13-8-23-40-26-37(32)36/h4,6,8,10,13-15,17-19,21-26,30,33,35,40H,1,3,5,7,9,11-12,16,20H2,2H3/b27-24+,41-38?. The minimum absolute atomic E-state index is 0.224. The fourth-order valence-electron chi connectivity index (χ4n) is 6.09. The van der Waals surface area contributed by atoms with E-state index in [-0.39, 0.29) is 5.92 Å². The molecule has 2 nitrogen and oxygen atoms in total. The van der Waals surface area contributed by atoms with Gasteiger partial charge in [0, 0.05) is 35.9 Å². The van der Waals surface area contributed by atoms with Gasteiger partial charge in [0.15, 0.2) is 0 Å². The Kier molecular flexibility index (Phi) is 10.1. The molecular formula is C38H41IN2. The maximum Gasteiger partial charge on any atom is 0.0709 e. The maximum atomic E-state index is 5.12. The largest absolute Gasteiger partial charge is 0.367 e. The molecule has 0 fully saturated rings. The van der Waals surface area contributed by atoms with Crippen molar-refractivity contribution in [3.63, 3.8) is 0 Å². The quantitative estimate of drug-likeness (QED) is 0.150. The molecule has 0 saturated heterocycles. The average molecular weight is 653 g/mol. The van der Waals surface area contributed by atoms with Crippen molar-refractivity contribution in [2.45, 2.75) is 51.9 Å². The number of aliphatic imine (C=N–C) groups is 1. The zero-order valence-electron chi connectivity index (χ0n) is 24.2. The first-order chi connectivity index (χ1) is 20.0. The molecule has 0 amide bonds. The van der Waals surface area contributed by atoms with E-state index in [1.54, 1.807) is 0 Å². The van der Waals surface area contributed by atoms with E-state index in [1.165, 1.54) is 37.0 Å². The molecular weight excluding hydrogens is 611 g/mol. The predicted octanol–water partition coefficient (Wildman–Crippen LogP) is 10.4. The molecule has 0 aromatic carbocycles. The lowest BCUT2D eigenvalue weighted by Gasteiger charge is -2.26. The van der Waals surface area contributed by atoms with Crippen LogP contribution in [0.1, 0.15) is 51.9 Å². The average Bonchev–Trinajstić information content (AvgIpc) is 3.26. The molecule has 1 aliphatic heterocycles. The molecule has 5 aliphatic rings. The molecule has 1 N–H and O–H groups in total. The Balaban J connectivity index is 1.26. The fraction of sp³-hybridized carbons (Fsp3) is 0.289. The lowest BCUT2D eigenvalue weighted by atomic mass is 9.78. The molecule has 0 aromatic rings. The van der Waals surface area contributed by atoms with Crippen LogP contribution in [-0.2, 0) is 0 Å². The van der Waals surface area contributed by atoms with Crippen LogP contribution in [0.25, 0.3) is 0 Å². The van der Waals surface area contributed by atoms with Crippen molar-refractivity contribution in [1.82, 2.24) is 5.32 Å². The summed E-state index contributed by atoms with van der Waals surface area (Å²) in [5.74, 6) is 1.07. The fourth-order valence-corrected chi connectivity index (χ4v) is 6.38. The van der Waals surface area contributed by atoms with Crippen LogP contribution in [0, 0.1) is 17.8 Å². The number of allylic oxidation sites excluding steroid dienone is 21. The van der Waals surface area contributed by atoms with Crippen molar-refractivity contribution >= 4 is 28.3 Å². The molecule has 3 heteroatoms. The van der Waals surface area contributed by atoms with Gasteiger partial charge in [0.2, 0.25) is 0 Å². The van der Waals surface area contributed by atoms with Crippen molar-refractivity contribution in [2.24, 2.45) is 22.7 Å². The number of nitrogens with one attached hydrogen (secondary N) is 1. The molecule has 5 rings (SSSR count). The second-order valence-electron chi connectivity index (χ2n) is 11.3. The third kappa shape index (κ3) is 7.56. The van der Waals surface area contributed by atoms with Crippen LogP contribution in [0.15, 0.2) is 158 Å². The summed E-state index contributed by atoms with van der Waals surface area (Å²) in [4.78, 5) is 5.12. The van der Waals surface area contributed by atoms with E-state index in [4.69, 9.17) is 4.99 Å². The van der Waals surface area contributed by atoms with E-state index >= 15 is 0 Å². The van der Waals surface area contributed by atoms with Gasteiger partial charge in [-0.3, -0.25) is 4.99 Å². The van der Waals surface area contributed by atoms with Gasteiger partial charge >= 0.3 is 0 Å². The minimum Gasteiger partial charge on any atom is -0.367 e. The highest BCUT2D eigenvalue weighted by Crippen LogP contribution is 2.38. The highest BCUT2D eigenvalue weighted by molar-refractivity contribution is 14.1. The Morgan fingerprint density at radius 1 is 1.10 bits per heavy atom. The molecule has 0 saturated carbocycles. The molecule has 0 spiro atoms. The number of hydrogen-bond donors (Lipinski definition) is 1. The normalized spacial score (nSPS) is 26.0. The number of fused-ring (bicyclic) bond motifs is 1. The van der Waals surface area contributed by atoms with E-state index < -0.39 is 0 Å². The second-order valence-corrected chi connectivity index (χ2v) is 13.0. The zero-order chi connectivity index (χ0) is 28.6. The smallest absolute Gasteiger partial charge is 0.0709 e. The van der Waals surface area contributed by atoms with Gasteiger partial charge in [0.25, 0.3) is 0 Å². The van der Waals surface area contributed by atoms with Gasteiger partial charge in [0.1, 0.15) is 0 Å². The van der Waals surface area contributed by atoms with Crippen LogP contribution < -0.4 is 5.32 Å². The van der Waals surface area contributed by atoms with E-state index in [9.17, 15) is 0 Å². The third-order valence-electron chi connectivity index (χ3n) is 8.31. The first-order valence-electron chi connectivity index (χ1n) is 14.9. The molecule has 210 valence electrons. The minimum atomic E-state index is 0.224. The first kappa shape index (κ1) is 29.3. The summed E-state index contributed by atoms with van der Waals surface area (Å²) in [7, 11) is 0. The van der Waals surface area contributed by atoms with Crippen LogP contribution in [0.3, 0.4) is 0 Å². The lowest BCUT2D eigenvalue weighted by Crippen LogP contribution is -2.14. The van der Waals surface area contributed by atoms with Crippen LogP contribution in [0.5, 0.6) is 0 Å². The van der Waals surface area contributed by atoms with Crippen molar-refractivity contribution in [2.75, 3.05) is 0 Å². The topological polar surface area (TPSA) is 24.4 Å². The van der Waals surface area contributed by atoms with Gasteiger partial charge in [-0.2, -0.15) is 0 Å². The van der Waals surface area contributed by atoms with Crippen molar-refractivity contribution in [1.29, 1.82) is 0 Å². The Morgan fingerprint density at radius 2 is 2.00 bits per heavy atom. The van der Waals surface area contributed by atoms with Gasteiger partial charge in [-0.05, 0) is 118 Å². The van der Waals surface area contributed by atoms with Gasteiger partial charge in [-0.15, -0.1) is 6.58 Å². The molecule has 0 aromatic heterocycles. The Hall–Kier alpha value is -3.18. The summed E-state index contributed by atoms with van der Waals surface area (Å²) in [5, 5.41) is 3.32. The SMILES string of the molecule is C=CCCC1=CC(C2=CCC(C(=C)N=C(/C=C(\C)I)C3=CCC(C4=CCCC5=CC=CNC=C54)C=C3)C=C2)CC=C1. The Bertz CT molecular complexity index is 1440. The lowest BCUT2D eigenvalue weighted by molar-refractivity contribution is 0.708. The Labute approximate surface area is 260 Å². The van der Waals surface area contributed by atoms with Crippen LogP contribution in [0.4, 0.5) is 0 Å². The van der Waals surface area contributed by atoms with Crippen LogP contribution in [0.2, 0.25) is 0 Å². The van der Waals surface area contributed by atoms with E-state index in [1.807, 2.05) is 12.3 Å². The van der Waals surface area contributed by atoms with Crippen molar-refractivity contribution < 1.29 is 0 Å². The molecule has 1 heterocycles. The molecule has 4 aliphatic carbocycles. The third-order valence-corrected chi connectivity index (χ3v) is 8.62. The molecule has 0 bridgehead atoms. The highest BCUT2D eigenvalue weighted by atomic mass is 127. The van der Waals surface area contributed by atoms with Gasteiger partial charge in [0.05, 0.1) is 5.71 Å². The van der Waals surface area contributed by atoms with Crippen LogP contribution in [-0.4, -0.2) is 5.71 Å². The maximum absolute atomic E-state index is 5.12. The zero-order valence-corrected chi connectivity index (χ0v) is 26.3. The Morgan fingerprint density at radius 3 is 2.76 bits per heavy atom. The first-order valence-corrected chi connectivity index (χ1v) is 16.0. The number of nitrogens with zero attached hydrogens (tertiary/aromatic N) is 1. The van der Waals surface area contributed by atoms with E-state index in [0.717, 1.165) is 56.4 Å². The van der Waals surface area contributed by atoms with Gasteiger partial charge < -0.3 is 5.32 Å². The number of halogens is 1. The summed E-state index contributed by atoms with van der Waals surface area (Å²) in [5.41, 5.74) is 10.2. The summed E-state index contributed by atoms with van der Waals surface area (Å²) >= 11 is 2.38. The van der Waals surface area contributed by atoms with E-state index in [2.05, 4.69) is 133 Å². The molecule has 0 radical (unpaired) electrons. The summed E-state index contributed by atoms with van der Waals surface area (Å²) in [6.45, 7) is 10.4. The predicted molar refractivity (Wildman–Crippen MR) is 186 cm³/mol. The summed E-state index contributed by atoms with van der Waals surface area (Å²) < 4.78 is 1.21. The highest BCUT2D eigenvalue weighted by Gasteiger charge is 2.24. The summed E-state index contributed by atoms with van der Waals surface area (Å²) in [6.07, 6.45) is 43.5. The number of hydrogen-bond acceptors (Lipinski definition) is 2. The molecule has 3 unspecified atom stereocenters. The van der Waals surface area contributed by atoms with Gasteiger partial charge in [-0.25, -0.2) is 0 Å². The van der Waals surface area contributed by atoms with Gasteiger partial charge in [-0.1, -0.05) is 85.1 Å². The van der Waals surface area contributed by atoms with Crippen molar-refractivity contribution in [3.8, 4) is 0 Å². The second kappa shape index (κ2) is 14.1. The molecule has 3 atom stereocenters. The van der Waals surface area contributed by atoms with E-state index in [0.29, 0.717) is 11.8 Å². The van der Waals surface area contributed by atoms with Crippen LogP contribution >= 0.6 is 22.6 Å². The van der Waals surface area contributed by atoms with Crippen molar-refractivity contribution in [3.05, 3.63) is 153 Å². The summed E-state index contributed by atoms with van der Waals surface area (Å²) in [6, 6.07) is 0. The monoisotopic (exact) mass is 652 g/mol.